The van der Waals surface area contributed by atoms with E-state index in [9.17, 15) is 9.59 Å². The topological polar surface area (TPSA) is 89.5 Å². The smallest absolute Gasteiger partial charge is 0.305 e. The molecule has 0 aliphatic carbocycles. The van der Waals surface area contributed by atoms with E-state index in [4.69, 9.17) is 28.4 Å². The highest BCUT2D eigenvalue weighted by Crippen LogP contribution is 2.09. The average molecular weight is 491 g/mol. The van der Waals surface area contributed by atoms with E-state index in [0.29, 0.717) is 65.7 Å². The summed E-state index contributed by atoms with van der Waals surface area (Å²) < 4.78 is 31.8. The first kappa shape index (κ1) is 32.8. The number of carbonyl (C=O) groups excluding carboxylic acids is 2. The second-order valence-corrected chi connectivity index (χ2v) is 8.22. The summed E-state index contributed by atoms with van der Waals surface area (Å²) in [4.78, 5) is 23.4. The van der Waals surface area contributed by atoms with Crippen LogP contribution >= 0.6 is 0 Å². The molecule has 8 nitrogen and oxygen atoms in total. The molecule has 0 fully saturated rings. The summed E-state index contributed by atoms with van der Waals surface area (Å²) in [7, 11) is 0. The monoisotopic (exact) mass is 490 g/mol. The van der Waals surface area contributed by atoms with Gasteiger partial charge in [-0.15, -0.1) is 0 Å². The van der Waals surface area contributed by atoms with Crippen molar-refractivity contribution < 1.29 is 38.0 Å². The van der Waals surface area contributed by atoms with Crippen LogP contribution in [0.3, 0.4) is 0 Å². The molecule has 0 aromatic heterocycles. The van der Waals surface area contributed by atoms with Crippen molar-refractivity contribution in [2.45, 2.75) is 90.9 Å². The molecule has 0 radical (unpaired) electrons. The van der Waals surface area contributed by atoms with Crippen molar-refractivity contribution >= 4 is 11.9 Å². The average Bonchev–Trinajstić information content (AvgIpc) is 2.83. The second kappa shape index (κ2) is 28.0. The van der Waals surface area contributed by atoms with Gasteiger partial charge in [0.2, 0.25) is 0 Å². The summed E-state index contributed by atoms with van der Waals surface area (Å²) in [6, 6.07) is 0. The number of hydrogen-bond donors (Lipinski definition) is 0. The molecule has 0 saturated carbocycles. The van der Waals surface area contributed by atoms with Gasteiger partial charge >= 0.3 is 11.9 Å². The van der Waals surface area contributed by atoms with Gasteiger partial charge in [-0.25, -0.2) is 0 Å². The van der Waals surface area contributed by atoms with Crippen molar-refractivity contribution in [2.75, 3.05) is 66.1 Å². The molecule has 0 amide bonds. The third-order valence-electron chi connectivity index (χ3n) is 5.02. The van der Waals surface area contributed by atoms with E-state index in [0.717, 1.165) is 77.4 Å². The first-order chi connectivity index (χ1) is 16.7. The molecule has 0 rings (SSSR count). The van der Waals surface area contributed by atoms with Crippen LogP contribution in [0, 0.1) is 0 Å². The third-order valence-corrected chi connectivity index (χ3v) is 5.02. The Kier molecular flexibility index (Phi) is 27.0. The van der Waals surface area contributed by atoms with Crippen molar-refractivity contribution in [3.05, 3.63) is 0 Å². The number of hydrogen-bond acceptors (Lipinski definition) is 8. The lowest BCUT2D eigenvalue weighted by molar-refractivity contribution is -0.146. The predicted molar refractivity (Wildman–Crippen MR) is 132 cm³/mol. The summed E-state index contributed by atoms with van der Waals surface area (Å²) in [6.45, 7) is 9.43. The van der Waals surface area contributed by atoms with Crippen molar-refractivity contribution in [3.63, 3.8) is 0 Å². The minimum atomic E-state index is -0.168. The Morgan fingerprint density at radius 2 is 0.735 bits per heavy atom. The molecule has 8 heteroatoms. The van der Waals surface area contributed by atoms with E-state index in [1.54, 1.807) is 0 Å². The summed E-state index contributed by atoms with van der Waals surface area (Å²) in [5, 5.41) is 0. The molecule has 0 saturated heterocycles. The van der Waals surface area contributed by atoms with Crippen LogP contribution in [0.15, 0.2) is 0 Å². The summed E-state index contributed by atoms with van der Waals surface area (Å²) in [5.74, 6) is -0.336. The molecule has 0 aliphatic heterocycles. The molecule has 0 aliphatic rings. The van der Waals surface area contributed by atoms with Crippen LogP contribution in [0.1, 0.15) is 90.9 Å². The zero-order chi connectivity index (χ0) is 25.0. The van der Waals surface area contributed by atoms with Gasteiger partial charge in [0.05, 0.1) is 39.6 Å². The van der Waals surface area contributed by atoms with Gasteiger partial charge in [-0.3, -0.25) is 9.59 Å². The van der Waals surface area contributed by atoms with Gasteiger partial charge in [-0.2, -0.15) is 0 Å². The van der Waals surface area contributed by atoms with Crippen molar-refractivity contribution in [1.29, 1.82) is 0 Å². The van der Waals surface area contributed by atoms with Crippen molar-refractivity contribution in [1.82, 2.24) is 0 Å². The van der Waals surface area contributed by atoms with Gasteiger partial charge in [0.1, 0.15) is 13.2 Å². The number of esters is 2. The molecule has 34 heavy (non-hydrogen) atoms. The maximum atomic E-state index is 11.7. The summed E-state index contributed by atoms with van der Waals surface area (Å²) in [5.41, 5.74) is 0. The Hall–Kier alpha value is -1.22. The Morgan fingerprint density at radius 1 is 0.412 bits per heavy atom. The Morgan fingerprint density at radius 3 is 1.12 bits per heavy atom. The first-order valence-electron chi connectivity index (χ1n) is 13.3. The molecule has 0 N–H and O–H groups in total. The molecule has 202 valence electrons. The van der Waals surface area contributed by atoms with Gasteiger partial charge in [-0.05, 0) is 25.7 Å². The number of carbonyl (C=O) groups is 2. The fraction of sp³-hybridized carbons (Fsp3) is 0.923. The van der Waals surface area contributed by atoms with Crippen molar-refractivity contribution in [2.24, 2.45) is 0 Å². The second-order valence-electron chi connectivity index (χ2n) is 8.22. The Labute approximate surface area is 207 Å². The number of rotatable bonds is 27. The predicted octanol–water partition coefficient (Wildman–Crippen LogP) is 4.86. The van der Waals surface area contributed by atoms with Crippen LogP contribution in [0.25, 0.3) is 0 Å². The van der Waals surface area contributed by atoms with Crippen LogP contribution in [-0.4, -0.2) is 78.0 Å². The number of ether oxygens (including phenoxy) is 6. The van der Waals surface area contributed by atoms with Gasteiger partial charge in [-0.1, -0.05) is 52.4 Å². The van der Waals surface area contributed by atoms with E-state index in [1.165, 1.54) is 0 Å². The molecule has 0 aromatic rings. The van der Waals surface area contributed by atoms with Crippen LogP contribution in [0.5, 0.6) is 0 Å². The summed E-state index contributed by atoms with van der Waals surface area (Å²) >= 11 is 0. The van der Waals surface area contributed by atoms with Crippen LogP contribution in [0.2, 0.25) is 0 Å². The molecule has 0 spiro atoms. The van der Waals surface area contributed by atoms with Crippen LogP contribution in [-0.2, 0) is 38.0 Å². The largest absolute Gasteiger partial charge is 0.463 e. The molecular formula is C26H50O8. The lowest BCUT2D eigenvalue weighted by Gasteiger charge is -2.07. The van der Waals surface area contributed by atoms with E-state index in [2.05, 4.69) is 13.8 Å². The van der Waals surface area contributed by atoms with E-state index in [-0.39, 0.29) is 11.9 Å². The van der Waals surface area contributed by atoms with Gasteiger partial charge in [0.25, 0.3) is 0 Å². The third kappa shape index (κ3) is 27.0. The quantitative estimate of drug-likeness (QED) is 0.119. The minimum absolute atomic E-state index is 0.168. The molecular weight excluding hydrogens is 440 g/mol. The van der Waals surface area contributed by atoms with Crippen molar-refractivity contribution in [3.8, 4) is 0 Å². The molecule has 0 atom stereocenters. The van der Waals surface area contributed by atoms with Gasteiger partial charge < -0.3 is 28.4 Å². The SMILES string of the molecule is CCCCOCCOCCOC(=O)CCCCCCCCC(=O)OCCOCCOCCCC. The fourth-order valence-corrected chi connectivity index (χ4v) is 2.96. The lowest BCUT2D eigenvalue weighted by Crippen LogP contribution is -2.13. The van der Waals surface area contributed by atoms with E-state index in [1.807, 2.05) is 0 Å². The molecule has 0 unspecified atom stereocenters. The highest BCUT2D eigenvalue weighted by molar-refractivity contribution is 5.69. The summed E-state index contributed by atoms with van der Waals surface area (Å²) in [6.07, 6.45) is 11.0. The maximum absolute atomic E-state index is 11.7. The highest BCUT2D eigenvalue weighted by Gasteiger charge is 2.04. The number of unbranched alkanes of at least 4 members (excludes halogenated alkanes) is 7. The van der Waals surface area contributed by atoms with E-state index < -0.39 is 0 Å². The zero-order valence-corrected chi connectivity index (χ0v) is 21.8. The van der Waals surface area contributed by atoms with Crippen LogP contribution in [0.4, 0.5) is 0 Å². The Bertz CT molecular complexity index is 405. The maximum Gasteiger partial charge on any atom is 0.305 e. The molecule has 0 heterocycles. The Balaban J connectivity index is 3.25. The van der Waals surface area contributed by atoms with E-state index >= 15 is 0 Å². The highest BCUT2D eigenvalue weighted by atomic mass is 16.6. The normalized spacial score (nSPS) is 11.0. The molecule has 0 aromatic carbocycles. The van der Waals surface area contributed by atoms with Gasteiger partial charge in [0.15, 0.2) is 0 Å². The van der Waals surface area contributed by atoms with Crippen LogP contribution < -0.4 is 0 Å². The minimum Gasteiger partial charge on any atom is -0.463 e. The lowest BCUT2D eigenvalue weighted by atomic mass is 10.1. The fourth-order valence-electron chi connectivity index (χ4n) is 2.96. The molecule has 0 bridgehead atoms. The first-order valence-corrected chi connectivity index (χ1v) is 13.3. The van der Waals surface area contributed by atoms with Gasteiger partial charge in [0, 0.05) is 26.1 Å². The zero-order valence-electron chi connectivity index (χ0n) is 21.8. The standard InChI is InChI=1S/C26H50O8/c1-3-5-15-29-17-19-31-21-23-33-25(27)13-11-9-7-8-10-12-14-26(28)34-24-22-32-20-18-30-16-6-4-2/h3-24H2,1-2H3.